The predicted octanol–water partition coefficient (Wildman–Crippen LogP) is 3.18. The predicted molar refractivity (Wildman–Crippen MR) is 121 cm³/mol. The zero-order valence-electron chi connectivity index (χ0n) is 18.1. The van der Waals surface area contributed by atoms with Crippen LogP contribution in [0.1, 0.15) is 36.9 Å². The highest BCUT2D eigenvalue weighted by molar-refractivity contribution is 7.18. The molecule has 0 bridgehead atoms. The SMILES string of the molecule is COCCOC(=O)c1sc(/N=C/c2c(C)[nH]n(-c3ccccc3)c2=O)c(C(=O)OC)c1C. The Bertz CT molecular complexity index is 1210. The number of H-pyrrole nitrogens is 1. The van der Waals surface area contributed by atoms with Gasteiger partial charge >= 0.3 is 11.9 Å². The van der Waals surface area contributed by atoms with E-state index in [0.29, 0.717) is 22.5 Å². The van der Waals surface area contributed by atoms with E-state index in [-0.39, 0.29) is 34.2 Å². The first-order valence-electron chi connectivity index (χ1n) is 9.67. The third kappa shape index (κ3) is 4.71. The molecule has 2 heterocycles. The number of aromatic amines is 1. The van der Waals surface area contributed by atoms with Gasteiger partial charge < -0.3 is 14.2 Å². The fraction of sp³-hybridized carbons (Fsp3) is 0.273. The van der Waals surface area contributed by atoms with E-state index < -0.39 is 11.9 Å². The first-order chi connectivity index (χ1) is 15.4. The number of rotatable bonds is 8. The van der Waals surface area contributed by atoms with Crippen LogP contribution >= 0.6 is 11.3 Å². The molecule has 3 aromatic rings. The molecular weight excluding hydrogens is 434 g/mol. The number of esters is 2. The van der Waals surface area contributed by atoms with Crippen molar-refractivity contribution >= 4 is 34.5 Å². The van der Waals surface area contributed by atoms with E-state index in [4.69, 9.17) is 14.2 Å². The van der Waals surface area contributed by atoms with Gasteiger partial charge in [-0.2, -0.15) is 0 Å². The zero-order valence-corrected chi connectivity index (χ0v) is 18.9. The van der Waals surface area contributed by atoms with Crippen molar-refractivity contribution in [1.82, 2.24) is 9.78 Å². The van der Waals surface area contributed by atoms with Crippen molar-refractivity contribution in [3.63, 3.8) is 0 Å². The van der Waals surface area contributed by atoms with Gasteiger partial charge in [0.2, 0.25) is 0 Å². The number of thiophene rings is 1. The van der Waals surface area contributed by atoms with Crippen molar-refractivity contribution in [2.24, 2.45) is 4.99 Å². The first kappa shape index (κ1) is 23.2. The molecule has 0 radical (unpaired) electrons. The Morgan fingerprint density at radius 3 is 2.50 bits per heavy atom. The molecule has 2 aromatic heterocycles. The van der Waals surface area contributed by atoms with Gasteiger partial charge in [-0.15, -0.1) is 11.3 Å². The number of hydrogen-bond acceptors (Lipinski definition) is 8. The molecule has 168 valence electrons. The second-order valence-electron chi connectivity index (χ2n) is 6.74. The second kappa shape index (κ2) is 10.2. The molecule has 0 saturated carbocycles. The second-order valence-corrected chi connectivity index (χ2v) is 7.74. The zero-order chi connectivity index (χ0) is 23.3. The van der Waals surface area contributed by atoms with E-state index in [0.717, 1.165) is 11.3 Å². The van der Waals surface area contributed by atoms with Gasteiger partial charge in [0.05, 0.1) is 25.0 Å². The average molecular weight is 458 g/mol. The van der Waals surface area contributed by atoms with E-state index >= 15 is 0 Å². The van der Waals surface area contributed by atoms with Crippen LogP contribution in [0.25, 0.3) is 5.69 Å². The number of aryl methyl sites for hydroxylation is 1. The number of ether oxygens (including phenoxy) is 3. The molecule has 1 N–H and O–H groups in total. The summed E-state index contributed by atoms with van der Waals surface area (Å²) in [4.78, 5) is 42.3. The molecule has 3 rings (SSSR count). The van der Waals surface area contributed by atoms with E-state index in [2.05, 4.69) is 10.1 Å². The average Bonchev–Trinajstić information content (AvgIpc) is 3.28. The smallest absolute Gasteiger partial charge is 0.348 e. The van der Waals surface area contributed by atoms with Crippen LogP contribution in [-0.4, -0.2) is 55.4 Å². The molecule has 0 aliphatic carbocycles. The number of methoxy groups -OCH3 is 2. The lowest BCUT2D eigenvalue weighted by Gasteiger charge is -2.03. The maximum absolute atomic E-state index is 12.9. The van der Waals surface area contributed by atoms with Crippen LogP contribution in [0, 0.1) is 13.8 Å². The minimum atomic E-state index is -0.630. The standard InChI is InChI=1S/C22H23N3O6S/c1-13-17(21(27)30-4)19(32-18(13)22(28)31-11-10-29-3)23-12-16-14(2)24-25(20(16)26)15-8-6-5-7-9-15/h5-9,12,24H,10-11H2,1-4H3/b23-12+. The summed E-state index contributed by atoms with van der Waals surface area (Å²) in [5.74, 6) is -1.21. The van der Waals surface area contributed by atoms with Crippen LogP contribution in [0.3, 0.4) is 0 Å². The summed E-state index contributed by atoms with van der Waals surface area (Å²) in [5.41, 5.74) is 1.90. The van der Waals surface area contributed by atoms with Crippen LogP contribution < -0.4 is 5.56 Å². The van der Waals surface area contributed by atoms with Crippen molar-refractivity contribution < 1.29 is 23.8 Å². The Labute approximate surface area is 188 Å². The molecule has 0 aliphatic rings. The van der Waals surface area contributed by atoms with Crippen LogP contribution in [0.4, 0.5) is 5.00 Å². The van der Waals surface area contributed by atoms with Gasteiger partial charge in [0, 0.05) is 19.0 Å². The lowest BCUT2D eigenvalue weighted by Crippen LogP contribution is -2.17. The molecule has 0 aliphatic heterocycles. The van der Waals surface area contributed by atoms with Gasteiger partial charge in [-0.1, -0.05) is 18.2 Å². The van der Waals surface area contributed by atoms with Crippen molar-refractivity contribution in [3.05, 3.63) is 67.9 Å². The van der Waals surface area contributed by atoms with Gasteiger partial charge in [-0.25, -0.2) is 19.3 Å². The van der Waals surface area contributed by atoms with E-state index in [1.165, 1.54) is 25.1 Å². The van der Waals surface area contributed by atoms with Crippen LogP contribution in [0.2, 0.25) is 0 Å². The van der Waals surface area contributed by atoms with Gasteiger partial charge in [-0.3, -0.25) is 9.89 Å². The summed E-state index contributed by atoms with van der Waals surface area (Å²) in [6.45, 7) is 3.71. The number of nitrogens with zero attached hydrogens (tertiary/aromatic N) is 2. The molecule has 10 heteroatoms. The van der Waals surface area contributed by atoms with E-state index in [1.54, 1.807) is 26.0 Å². The highest BCUT2D eigenvalue weighted by atomic mass is 32.1. The van der Waals surface area contributed by atoms with Crippen molar-refractivity contribution in [2.45, 2.75) is 13.8 Å². The molecule has 32 heavy (non-hydrogen) atoms. The molecule has 9 nitrogen and oxygen atoms in total. The number of aliphatic imine (C=N–C) groups is 1. The summed E-state index contributed by atoms with van der Waals surface area (Å²) in [7, 11) is 2.75. The molecule has 0 spiro atoms. The Balaban J connectivity index is 1.99. The normalized spacial score (nSPS) is 11.1. The number of aromatic nitrogens is 2. The summed E-state index contributed by atoms with van der Waals surface area (Å²) in [5, 5.41) is 3.27. The quantitative estimate of drug-likeness (QED) is 0.316. The number of hydrogen-bond donors (Lipinski definition) is 1. The van der Waals surface area contributed by atoms with Crippen molar-refractivity contribution in [1.29, 1.82) is 0 Å². The summed E-state index contributed by atoms with van der Waals surface area (Å²) in [6.07, 6.45) is 1.38. The third-order valence-corrected chi connectivity index (χ3v) is 5.85. The molecule has 1 aromatic carbocycles. The lowest BCUT2D eigenvalue weighted by molar-refractivity contribution is 0.0393. The first-order valence-corrected chi connectivity index (χ1v) is 10.5. The van der Waals surface area contributed by atoms with E-state index in [9.17, 15) is 14.4 Å². The minimum Gasteiger partial charge on any atom is -0.465 e. The minimum absolute atomic E-state index is 0.0837. The monoisotopic (exact) mass is 457 g/mol. The maximum atomic E-state index is 12.9. The molecule has 0 amide bonds. The van der Waals surface area contributed by atoms with Gasteiger partial charge in [0.25, 0.3) is 5.56 Å². The van der Waals surface area contributed by atoms with E-state index in [1.807, 2.05) is 18.2 Å². The molecule has 0 atom stereocenters. The fourth-order valence-electron chi connectivity index (χ4n) is 3.00. The number of carbonyl (C=O) groups is 2. The summed E-state index contributed by atoms with van der Waals surface area (Å²) >= 11 is 0.997. The third-order valence-electron chi connectivity index (χ3n) is 4.67. The number of nitrogens with one attached hydrogen (secondary N) is 1. The highest BCUT2D eigenvalue weighted by Gasteiger charge is 2.26. The number of carbonyl (C=O) groups excluding carboxylic acids is 2. The largest absolute Gasteiger partial charge is 0.465 e. The lowest BCUT2D eigenvalue weighted by atomic mass is 10.1. The van der Waals surface area contributed by atoms with Gasteiger partial charge in [0.1, 0.15) is 22.0 Å². The van der Waals surface area contributed by atoms with Crippen LogP contribution in [0.15, 0.2) is 40.1 Å². The Morgan fingerprint density at radius 1 is 1.12 bits per heavy atom. The van der Waals surface area contributed by atoms with Gasteiger partial charge in [0.15, 0.2) is 0 Å². The Morgan fingerprint density at radius 2 is 1.84 bits per heavy atom. The van der Waals surface area contributed by atoms with Crippen LogP contribution in [0.5, 0.6) is 0 Å². The number of benzene rings is 1. The van der Waals surface area contributed by atoms with Crippen LogP contribution in [-0.2, 0) is 14.2 Å². The van der Waals surface area contributed by atoms with Crippen molar-refractivity contribution in [2.75, 3.05) is 27.4 Å². The Kier molecular flexibility index (Phi) is 7.39. The summed E-state index contributed by atoms with van der Waals surface area (Å²) in [6, 6.07) is 9.12. The molecule has 0 saturated heterocycles. The highest BCUT2D eigenvalue weighted by Crippen LogP contribution is 2.36. The Hall–Kier alpha value is -3.50. The topological polar surface area (TPSA) is 112 Å². The van der Waals surface area contributed by atoms with Crippen molar-refractivity contribution in [3.8, 4) is 5.69 Å². The summed E-state index contributed by atoms with van der Waals surface area (Å²) < 4.78 is 16.3. The molecular formula is C22H23N3O6S. The molecule has 0 unspecified atom stereocenters. The number of para-hydroxylation sites is 1. The molecule has 0 fully saturated rings. The fourth-order valence-corrected chi connectivity index (χ4v) is 4.04. The van der Waals surface area contributed by atoms with Gasteiger partial charge in [-0.05, 0) is 31.5 Å². The maximum Gasteiger partial charge on any atom is 0.348 e.